The van der Waals surface area contributed by atoms with Gasteiger partial charge < -0.3 is 86.9 Å². The Morgan fingerprint density at radius 2 is 0.877 bits per heavy atom. The number of carboxylic acids is 1. The molecule has 0 radical (unpaired) electrons. The summed E-state index contributed by atoms with van der Waals surface area (Å²) in [6.07, 6.45) is 9.12. The van der Waals surface area contributed by atoms with Crippen LogP contribution in [0.1, 0.15) is 105 Å². The Labute approximate surface area is 608 Å². The molecule has 6 N–H and O–H groups in total. The van der Waals surface area contributed by atoms with Crippen LogP contribution in [0.3, 0.4) is 0 Å². The molecule has 11 rings (SSSR count). The summed E-state index contributed by atoms with van der Waals surface area (Å²) in [5.41, 5.74) is 6.67. The first kappa shape index (κ1) is 84.7. The molecule has 10 aromatic rings. The van der Waals surface area contributed by atoms with E-state index in [0.29, 0.717) is 110 Å². The molecule has 0 aliphatic carbocycles. The van der Waals surface area contributed by atoms with Crippen molar-refractivity contribution in [3.8, 4) is 34.5 Å². The number of aromatic carboxylic acids is 1. The number of carbonyl (C=O) groups excluding carboxylic acids is 8. The summed E-state index contributed by atoms with van der Waals surface area (Å²) in [7, 11) is 9.19. The average molecular weight is 1460 g/mol. The lowest BCUT2D eigenvalue weighted by Gasteiger charge is -2.07. The van der Waals surface area contributed by atoms with E-state index in [2.05, 4.69) is 52.9 Å². The monoisotopic (exact) mass is 1450 g/mol. The zero-order valence-corrected chi connectivity index (χ0v) is 58.7. The van der Waals surface area contributed by atoms with Crippen LogP contribution < -0.4 is 9.47 Å². The number of aromatic hydroxyl groups is 4. The first-order valence-corrected chi connectivity index (χ1v) is 31.4. The van der Waals surface area contributed by atoms with Crippen molar-refractivity contribution >= 4 is 76.0 Å². The molecule has 0 fully saturated rings. The molecule has 1 unspecified atom stereocenters. The van der Waals surface area contributed by atoms with E-state index >= 15 is 0 Å². The Morgan fingerprint density at radius 1 is 0.443 bits per heavy atom. The van der Waals surface area contributed by atoms with Crippen LogP contribution in [0.5, 0.6) is 34.5 Å². The minimum atomic E-state index is -0.929. The number of benzene rings is 8. The zero-order chi connectivity index (χ0) is 78.3. The summed E-state index contributed by atoms with van der Waals surface area (Å²) in [4.78, 5) is 99.1. The lowest BCUT2D eigenvalue weighted by molar-refractivity contribution is -0.107. The van der Waals surface area contributed by atoms with Crippen LogP contribution in [0.4, 0.5) is 0 Å². The van der Waals surface area contributed by atoms with Crippen LogP contribution in [0, 0.1) is 0 Å². The first-order chi connectivity index (χ1) is 50.9. The maximum Gasteiger partial charge on any atom is 0.338 e. The number of phenols is 4. The van der Waals surface area contributed by atoms with Crippen LogP contribution in [-0.2, 0) is 63.6 Å². The van der Waals surface area contributed by atoms with Crippen molar-refractivity contribution in [2.75, 3.05) is 56.4 Å². The third-order valence-electron chi connectivity index (χ3n) is 14.3. The number of carboxylic acid groups (broad SMARTS) is 1. The van der Waals surface area contributed by atoms with Gasteiger partial charge in [0.25, 0.3) is 0 Å². The molecule has 26 nitrogen and oxygen atoms in total. The minimum Gasteiger partial charge on any atom is -0.508 e. The second-order valence-electron chi connectivity index (χ2n) is 21.1. The molecule has 0 amide bonds. The standard InChI is InChI=1S/3C11H12O3.2C10H10O4.C10H8O3.C9H6O3.C8H8O3/c1-3-7-14-10-6-4-5-9(8-10)11(12)13-2;1-3-5-8-9(11(13)14-2)6-4-7-10(8)12;1-3-4-8-5-6-9(7-10(8)12)11(13)14-2;1-13-10(12)6-3-2-4-8-7(6)5-9(11)14-8;1-14-10(13)8-3-2-4-9(12)7(8)5-6-11;1-12-10(11)8-3-2-4-9-7(8)5-6-13-9;10-9(11)7-2-1-3-8-6(7)4-5-12-8;1-11-8(10)6-3-2-4-7(9)5-6/h3-6,8H,1,7H2,2H3;3-4,6-7,12H,1,5H2,2H3;3,5-7,12H,1,4H2,2H3;2-4,9,11H,5H2,1H3;2-4,6,12H,5H2,1H3;2-6H,1H3;1-5H,(H,10,11);2-5,9H,1H3. The SMILES string of the molecule is C=CCOc1cccc(C(=O)OC)c1.C=CCc1c(O)cccc1C(=O)OC.C=CCc1ccc(C(=O)OC)cc1O.COC(=O)c1cccc(O)c1.COC(=O)c1cccc(O)c1CC=O.COC(=O)c1cccc2c1CC(O)O2.COC(=O)c1cccc2occc12.O=C(O)c1cccc2occc12. The second-order valence-corrected chi connectivity index (χ2v) is 21.1. The number of rotatable bonds is 17. The van der Waals surface area contributed by atoms with E-state index < -0.39 is 42.1 Å². The highest BCUT2D eigenvalue weighted by atomic mass is 16.6. The molecule has 0 saturated heterocycles. The lowest BCUT2D eigenvalue weighted by atomic mass is 10.0. The molecule has 2 aromatic heterocycles. The topological polar surface area (TPSA) is 384 Å². The molecular formula is C80H78O26. The number of ether oxygens (including phenoxy) is 9. The minimum absolute atomic E-state index is 0.00287. The number of carbonyl (C=O) groups is 9. The number of methoxy groups -OCH3 is 7. The summed E-state index contributed by atoms with van der Waals surface area (Å²) in [6.45, 7) is 11.1. The van der Waals surface area contributed by atoms with Crippen LogP contribution in [-0.4, -0.2) is 147 Å². The highest BCUT2D eigenvalue weighted by Crippen LogP contribution is 2.32. The van der Waals surface area contributed by atoms with Crippen LogP contribution in [0.2, 0.25) is 0 Å². The Morgan fingerprint density at radius 3 is 1.37 bits per heavy atom. The van der Waals surface area contributed by atoms with Gasteiger partial charge in [0, 0.05) is 40.3 Å². The van der Waals surface area contributed by atoms with E-state index in [-0.39, 0.29) is 52.5 Å². The molecule has 0 spiro atoms. The third kappa shape index (κ3) is 25.4. The number of allylic oxidation sites excluding steroid dienone is 2. The van der Waals surface area contributed by atoms with Crippen molar-refractivity contribution in [1.29, 1.82) is 0 Å². The predicted octanol–water partition coefficient (Wildman–Crippen LogP) is 13.0. The number of hydrogen-bond donors (Lipinski definition) is 6. The maximum absolute atomic E-state index is 11.3. The molecule has 0 saturated carbocycles. The van der Waals surface area contributed by atoms with Crippen molar-refractivity contribution in [3.05, 3.63) is 287 Å². The summed E-state index contributed by atoms with van der Waals surface area (Å²) < 4.78 is 52.4. The largest absolute Gasteiger partial charge is 0.508 e. The number of hydrogen-bond acceptors (Lipinski definition) is 25. The van der Waals surface area contributed by atoms with E-state index in [4.69, 9.17) is 28.5 Å². The van der Waals surface area contributed by atoms with Crippen molar-refractivity contribution < 1.29 is 125 Å². The van der Waals surface area contributed by atoms with Crippen molar-refractivity contribution in [3.63, 3.8) is 0 Å². The highest BCUT2D eigenvalue weighted by Gasteiger charge is 2.26. The number of fused-ring (bicyclic) bond motifs is 3. The summed E-state index contributed by atoms with van der Waals surface area (Å²) in [5, 5.41) is 56.8. The lowest BCUT2D eigenvalue weighted by Crippen LogP contribution is -2.11. The Kier molecular flexibility index (Phi) is 35.5. The molecule has 3 heterocycles. The van der Waals surface area contributed by atoms with E-state index in [1.807, 2.05) is 6.07 Å². The molecule has 106 heavy (non-hydrogen) atoms. The van der Waals surface area contributed by atoms with Gasteiger partial charge in [0.2, 0.25) is 6.29 Å². The molecule has 1 aliphatic rings. The number of aliphatic hydroxyl groups is 1. The second kappa shape index (κ2) is 44.5. The van der Waals surface area contributed by atoms with Gasteiger partial charge in [-0.1, -0.05) is 73.3 Å². The van der Waals surface area contributed by atoms with Crippen molar-refractivity contribution in [1.82, 2.24) is 0 Å². The average Bonchev–Trinajstić information content (AvgIpc) is 1.67. The smallest absolute Gasteiger partial charge is 0.338 e. The number of phenolic OH excluding ortho intramolecular Hbond substituents is 4. The number of esters is 7. The van der Waals surface area contributed by atoms with Gasteiger partial charge in [-0.3, -0.25) is 0 Å². The van der Waals surface area contributed by atoms with E-state index in [1.165, 1.54) is 98.5 Å². The molecule has 1 aliphatic heterocycles. The Bertz CT molecular complexity index is 4580. The highest BCUT2D eigenvalue weighted by molar-refractivity contribution is 6.03. The molecule has 26 heteroatoms. The van der Waals surface area contributed by atoms with Gasteiger partial charge in [-0.15, -0.1) is 13.2 Å². The number of aldehydes is 1. The Balaban J connectivity index is 0.000000256. The first-order valence-electron chi connectivity index (χ1n) is 31.4. The fourth-order valence-electron chi connectivity index (χ4n) is 9.30. The molecule has 0 bridgehead atoms. The fraction of sp³-hybridized carbons (Fsp3) is 0.163. The van der Waals surface area contributed by atoms with E-state index in [0.717, 1.165) is 10.9 Å². The molecule has 554 valence electrons. The number of aliphatic hydroxyl groups excluding tert-OH is 1. The zero-order valence-electron chi connectivity index (χ0n) is 58.7. The van der Waals surface area contributed by atoms with Crippen LogP contribution >= 0.6 is 0 Å². The van der Waals surface area contributed by atoms with Gasteiger partial charge in [0.05, 0.1) is 107 Å². The van der Waals surface area contributed by atoms with Gasteiger partial charge in [-0.2, -0.15) is 0 Å². The fourth-order valence-corrected chi connectivity index (χ4v) is 9.30. The maximum atomic E-state index is 11.3. The summed E-state index contributed by atoms with van der Waals surface area (Å²) >= 11 is 0. The van der Waals surface area contributed by atoms with Gasteiger partial charge in [-0.25, -0.2) is 38.4 Å². The van der Waals surface area contributed by atoms with E-state index in [9.17, 15) is 63.6 Å². The summed E-state index contributed by atoms with van der Waals surface area (Å²) in [5.74, 6) is -2.58. The van der Waals surface area contributed by atoms with Gasteiger partial charge in [-0.05, 0) is 140 Å². The normalized spacial score (nSPS) is 10.8. The van der Waals surface area contributed by atoms with Crippen molar-refractivity contribution in [2.24, 2.45) is 0 Å². The quantitative estimate of drug-likeness (QED) is 0.0213. The Hall–Kier alpha value is -13.8. The van der Waals surface area contributed by atoms with Gasteiger partial charge in [0.15, 0.2) is 0 Å². The van der Waals surface area contributed by atoms with Crippen LogP contribution in [0.15, 0.2) is 229 Å². The van der Waals surface area contributed by atoms with Gasteiger partial charge >= 0.3 is 47.8 Å². The number of furan rings is 2. The predicted molar refractivity (Wildman–Crippen MR) is 388 cm³/mol. The van der Waals surface area contributed by atoms with Gasteiger partial charge in [0.1, 0.15) is 58.6 Å². The molecule has 8 aromatic carbocycles. The third-order valence-corrected chi connectivity index (χ3v) is 14.3. The van der Waals surface area contributed by atoms with Crippen molar-refractivity contribution in [2.45, 2.75) is 32.0 Å². The van der Waals surface area contributed by atoms with Crippen LogP contribution in [0.25, 0.3) is 21.9 Å². The molecular weight excluding hydrogens is 1380 g/mol. The summed E-state index contributed by atoms with van der Waals surface area (Å²) in [6, 6.07) is 45.4. The molecule has 1 atom stereocenters. The van der Waals surface area contributed by atoms with E-state index in [1.54, 1.807) is 146 Å².